The van der Waals surface area contributed by atoms with Crippen LogP contribution in [0.5, 0.6) is 11.5 Å². The molecule has 1 N–H and O–H groups in total. The summed E-state index contributed by atoms with van der Waals surface area (Å²) in [5.41, 5.74) is 1.31. The molecular formula is C15H20N2O3. The molecule has 2 rings (SSSR count). The van der Waals surface area contributed by atoms with E-state index in [1.807, 2.05) is 44.1 Å². The van der Waals surface area contributed by atoms with Crippen molar-refractivity contribution in [1.29, 1.82) is 0 Å². The lowest BCUT2D eigenvalue weighted by Gasteiger charge is -2.14. The summed E-state index contributed by atoms with van der Waals surface area (Å²) < 4.78 is 10.9. The first-order valence-corrected chi connectivity index (χ1v) is 6.57. The molecule has 20 heavy (non-hydrogen) atoms. The molecule has 2 aromatic rings. The fourth-order valence-corrected chi connectivity index (χ4v) is 2.18. The Hall–Kier alpha value is -2.01. The van der Waals surface area contributed by atoms with Gasteiger partial charge in [-0.2, -0.15) is 0 Å². The Morgan fingerprint density at radius 1 is 1.30 bits per heavy atom. The molecule has 0 saturated carbocycles. The van der Waals surface area contributed by atoms with E-state index in [2.05, 4.69) is 4.98 Å². The largest absolute Gasteiger partial charge is 0.493 e. The maximum atomic E-state index is 12.1. The van der Waals surface area contributed by atoms with Gasteiger partial charge in [-0.3, -0.25) is 4.79 Å². The van der Waals surface area contributed by atoms with Crippen LogP contribution in [0.2, 0.25) is 0 Å². The second kappa shape index (κ2) is 5.96. The maximum Gasteiger partial charge on any atom is 0.253 e. The van der Waals surface area contributed by atoms with Crippen molar-refractivity contribution in [3.8, 4) is 11.5 Å². The summed E-state index contributed by atoms with van der Waals surface area (Å²) >= 11 is 0. The van der Waals surface area contributed by atoms with Gasteiger partial charge < -0.3 is 19.4 Å². The quantitative estimate of drug-likeness (QED) is 0.907. The summed E-state index contributed by atoms with van der Waals surface area (Å²) in [6.45, 7) is 3.01. The first-order valence-electron chi connectivity index (χ1n) is 6.57. The number of aromatic nitrogens is 1. The molecule has 0 spiro atoms. The molecule has 1 aromatic heterocycles. The van der Waals surface area contributed by atoms with Crippen LogP contribution in [0.1, 0.15) is 12.5 Å². The van der Waals surface area contributed by atoms with E-state index in [1.165, 1.54) is 0 Å². The molecule has 0 atom stereocenters. The number of hydrogen-bond donors (Lipinski definition) is 1. The minimum Gasteiger partial charge on any atom is -0.493 e. The number of pyridine rings is 1. The fraction of sp³-hybridized carbons (Fsp3) is 0.400. The van der Waals surface area contributed by atoms with E-state index in [-0.39, 0.29) is 5.56 Å². The third-order valence-corrected chi connectivity index (χ3v) is 3.01. The van der Waals surface area contributed by atoms with Crippen LogP contribution in [-0.2, 0) is 6.54 Å². The van der Waals surface area contributed by atoms with Crippen LogP contribution in [0.3, 0.4) is 0 Å². The first-order chi connectivity index (χ1) is 9.56. The second-order valence-corrected chi connectivity index (χ2v) is 4.86. The van der Waals surface area contributed by atoms with Gasteiger partial charge in [0.1, 0.15) is 0 Å². The van der Waals surface area contributed by atoms with Crippen molar-refractivity contribution in [3.05, 3.63) is 34.1 Å². The maximum absolute atomic E-state index is 12.1. The number of rotatable bonds is 5. The number of methoxy groups -OCH3 is 1. The summed E-state index contributed by atoms with van der Waals surface area (Å²) in [5, 5.41) is 0.936. The Balaban J connectivity index is 2.64. The predicted molar refractivity (Wildman–Crippen MR) is 79.7 cm³/mol. The van der Waals surface area contributed by atoms with Gasteiger partial charge in [0.15, 0.2) is 11.5 Å². The second-order valence-electron chi connectivity index (χ2n) is 4.86. The zero-order chi connectivity index (χ0) is 14.7. The van der Waals surface area contributed by atoms with Crippen LogP contribution in [0.4, 0.5) is 0 Å². The van der Waals surface area contributed by atoms with Gasteiger partial charge in [-0.25, -0.2) is 0 Å². The molecule has 1 aromatic carbocycles. The lowest BCUT2D eigenvalue weighted by molar-refractivity contribution is 0.314. The highest BCUT2D eigenvalue weighted by Crippen LogP contribution is 2.33. The molecule has 0 aliphatic carbocycles. The summed E-state index contributed by atoms with van der Waals surface area (Å²) in [7, 11) is 5.45. The lowest BCUT2D eigenvalue weighted by Crippen LogP contribution is -2.20. The number of nitrogens with zero attached hydrogens (tertiary/aromatic N) is 1. The van der Waals surface area contributed by atoms with Gasteiger partial charge in [0.2, 0.25) is 0 Å². The highest BCUT2D eigenvalue weighted by Gasteiger charge is 2.12. The van der Waals surface area contributed by atoms with Gasteiger partial charge >= 0.3 is 0 Å². The van der Waals surface area contributed by atoms with Crippen molar-refractivity contribution in [2.45, 2.75) is 13.5 Å². The van der Waals surface area contributed by atoms with Crippen LogP contribution >= 0.6 is 0 Å². The summed E-state index contributed by atoms with van der Waals surface area (Å²) in [5.74, 6) is 1.20. The van der Waals surface area contributed by atoms with Crippen molar-refractivity contribution in [2.75, 3.05) is 27.8 Å². The Kier molecular flexibility index (Phi) is 4.29. The molecule has 5 heteroatoms. The molecule has 0 bridgehead atoms. The zero-order valence-electron chi connectivity index (χ0n) is 12.3. The van der Waals surface area contributed by atoms with Gasteiger partial charge in [0, 0.05) is 17.5 Å². The molecule has 108 valence electrons. The number of fused-ring (bicyclic) bond motifs is 1. The number of hydrogen-bond acceptors (Lipinski definition) is 4. The van der Waals surface area contributed by atoms with Crippen LogP contribution in [0, 0.1) is 0 Å². The van der Waals surface area contributed by atoms with Gasteiger partial charge in [0.25, 0.3) is 5.56 Å². The molecule has 0 fully saturated rings. The summed E-state index contributed by atoms with van der Waals surface area (Å²) in [6.07, 6.45) is 0. The molecular weight excluding hydrogens is 256 g/mol. The van der Waals surface area contributed by atoms with Crippen LogP contribution in [0.25, 0.3) is 10.9 Å². The average molecular weight is 276 g/mol. The van der Waals surface area contributed by atoms with Gasteiger partial charge in [-0.15, -0.1) is 0 Å². The van der Waals surface area contributed by atoms with E-state index in [0.717, 1.165) is 10.9 Å². The Labute approximate surface area is 118 Å². The number of ether oxygens (including phenoxy) is 2. The molecule has 0 aliphatic heterocycles. The number of H-pyrrole nitrogens is 1. The van der Waals surface area contributed by atoms with E-state index in [1.54, 1.807) is 7.11 Å². The normalized spacial score (nSPS) is 11.1. The number of aromatic amines is 1. The molecule has 0 radical (unpaired) electrons. The third kappa shape index (κ3) is 2.77. The SMILES string of the molecule is CCOc1c(OC)ccc2cc(CN(C)C)c(=O)[nH]c12. The van der Waals surface area contributed by atoms with E-state index in [0.29, 0.717) is 30.2 Å². The van der Waals surface area contributed by atoms with Crippen molar-refractivity contribution in [2.24, 2.45) is 0 Å². The van der Waals surface area contributed by atoms with Gasteiger partial charge in [0.05, 0.1) is 19.2 Å². The average Bonchev–Trinajstić information content (AvgIpc) is 2.40. The van der Waals surface area contributed by atoms with Crippen LogP contribution < -0.4 is 15.0 Å². The fourth-order valence-electron chi connectivity index (χ4n) is 2.18. The number of nitrogens with one attached hydrogen (secondary N) is 1. The molecule has 5 nitrogen and oxygen atoms in total. The minimum atomic E-state index is -0.0968. The van der Waals surface area contributed by atoms with Crippen LogP contribution in [-0.4, -0.2) is 37.7 Å². The molecule has 0 amide bonds. The molecule has 0 unspecified atom stereocenters. The topological polar surface area (TPSA) is 54.6 Å². The Bertz CT molecular complexity index is 662. The summed E-state index contributed by atoms with van der Waals surface area (Å²) in [4.78, 5) is 17.0. The standard InChI is InChI=1S/C15H20N2O3/c1-5-20-14-12(19-4)7-6-10-8-11(9-17(2)3)15(18)16-13(10)14/h6-8H,5,9H2,1-4H3,(H,16,18). The van der Waals surface area contributed by atoms with E-state index >= 15 is 0 Å². The first kappa shape index (κ1) is 14.4. The zero-order valence-corrected chi connectivity index (χ0v) is 12.3. The van der Waals surface area contributed by atoms with Crippen molar-refractivity contribution in [3.63, 3.8) is 0 Å². The number of benzene rings is 1. The molecule has 0 saturated heterocycles. The molecule has 0 aliphatic rings. The van der Waals surface area contributed by atoms with Gasteiger partial charge in [-0.1, -0.05) is 0 Å². The lowest BCUT2D eigenvalue weighted by atomic mass is 10.1. The Morgan fingerprint density at radius 2 is 2.05 bits per heavy atom. The van der Waals surface area contributed by atoms with E-state index < -0.39 is 0 Å². The van der Waals surface area contributed by atoms with Crippen LogP contribution in [0.15, 0.2) is 23.0 Å². The third-order valence-electron chi connectivity index (χ3n) is 3.01. The van der Waals surface area contributed by atoms with Gasteiger partial charge in [-0.05, 0) is 39.2 Å². The highest BCUT2D eigenvalue weighted by molar-refractivity contribution is 5.87. The van der Waals surface area contributed by atoms with Crippen molar-refractivity contribution >= 4 is 10.9 Å². The monoisotopic (exact) mass is 276 g/mol. The van der Waals surface area contributed by atoms with E-state index in [9.17, 15) is 4.79 Å². The smallest absolute Gasteiger partial charge is 0.253 e. The summed E-state index contributed by atoms with van der Waals surface area (Å²) in [6, 6.07) is 5.67. The highest BCUT2D eigenvalue weighted by atomic mass is 16.5. The predicted octanol–water partition coefficient (Wildman–Crippen LogP) is 2.00. The van der Waals surface area contributed by atoms with Crippen molar-refractivity contribution < 1.29 is 9.47 Å². The van der Waals surface area contributed by atoms with Crippen molar-refractivity contribution in [1.82, 2.24) is 9.88 Å². The molecule has 1 heterocycles. The minimum absolute atomic E-state index is 0.0968. The Morgan fingerprint density at radius 3 is 2.65 bits per heavy atom. The van der Waals surface area contributed by atoms with E-state index in [4.69, 9.17) is 9.47 Å².